The van der Waals surface area contributed by atoms with E-state index >= 15 is 0 Å². The maximum absolute atomic E-state index is 12.0. The van der Waals surface area contributed by atoms with Crippen LogP contribution in [0, 0.1) is 0 Å². The van der Waals surface area contributed by atoms with Crippen molar-refractivity contribution < 1.29 is 4.79 Å². The van der Waals surface area contributed by atoms with Crippen LogP contribution < -0.4 is 11.1 Å². The summed E-state index contributed by atoms with van der Waals surface area (Å²) < 4.78 is 0. The van der Waals surface area contributed by atoms with Crippen LogP contribution in [0.5, 0.6) is 0 Å². The lowest BCUT2D eigenvalue weighted by atomic mass is 10.1. The van der Waals surface area contributed by atoms with Gasteiger partial charge in [0.1, 0.15) is 5.69 Å². The van der Waals surface area contributed by atoms with Crippen LogP contribution in [0.15, 0.2) is 16.8 Å². The summed E-state index contributed by atoms with van der Waals surface area (Å²) in [6.45, 7) is 4.16. The second kappa shape index (κ2) is 7.32. The molecule has 0 bridgehead atoms. The number of hydrogen-bond acceptors (Lipinski definition) is 6. The van der Waals surface area contributed by atoms with E-state index in [1.807, 2.05) is 11.3 Å². The molecule has 118 valence electrons. The first-order valence-electron chi connectivity index (χ1n) is 7.46. The van der Waals surface area contributed by atoms with Crippen LogP contribution in [0.4, 0.5) is 0 Å². The van der Waals surface area contributed by atoms with E-state index in [2.05, 4.69) is 26.6 Å². The van der Waals surface area contributed by atoms with Gasteiger partial charge in [-0.05, 0) is 30.0 Å². The average Bonchev–Trinajstić information content (AvgIpc) is 3.16. The van der Waals surface area contributed by atoms with Crippen LogP contribution in [-0.2, 0) is 19.4 Å². The van der Waals surface area contributed by atoms with Crippen LogP contribution in [0.2, 0.25) is 0 Å². The molecular weight excluding hydrogens is 316 g/mol. The number of rotatable bonds is 6. The van der Waals surface area contributed by atoms with Crippen molar-refractivity contribution in [3.63, 3.8) is 0 Å². The van der Waals surface area contributed by atoms with Crippen LogP contribution in [-0.4, -0.2) is 42.0 Å². The first kappa shape index (κ1) is 15.6. The predicted octanol–water partition coefficient (Wildman–Crippen LogP) is 1.49. The van der Waals surface area contributed by atoms with E-state index in [-0.39, 0.29) is 5.91 Å². The molecule has 3 N–H and O–H groups in total. The molecule has 0 saturated heterocycles. The molecule has 2 aromatic rings. The van der Waals surface area contributed by atoms with Gasteiger partial charge in [-0.1, -0.05) is 0 Å². The molecule has 3 rings (SSSR count). The maximum atomic E-state index is 12.0. The van der Waals surface area contributed by atoms with Crippen molar-refractivity contribution in [3.8, 4) is 0 Å². The zero-order valence-electron chi connectivity index (χ0n) is 12.4. The molecule has 0 fully saturated rings. The molecule has 0 radical (unpaired) electrons. The fourth-order valence-corrected chi connectivity index (χ4v) is 4.25. The lowest BCUT2D eigenvalue weighted by molar-refractivity contribution is 0.0943. The summed E-state index contributed by atoms with van der Waals surface area (Å²) in [5.41, 5.74) is 7.44. The number of aromatic nitrogens is 1. The molecule has 22 heavy (non-hydrogen) atoms. The highest BCUT2D eigenvalue weighted by atomic mass is 32.1. The molecular formula is C15H20N4OS2. The highest BCUT2D eigenvalue weighted by Crippen LogP contribution is 2.23. The lowest BCUT2D eigenvalue weighted by Crippen LogP contribution is -2.37. The van der Waals surface area contributed by atoms with E-state index in [4.69, 9.17) is 5.73 Å². The Labute approximate surface area is 138 Å². The van der Waals surface area contributed by atoms with E-state index in [0.29, 0.717) is 18.8 Å². The average molecular weight is 336 g/mol. The van der Waals surface area contributed by atoms with Crippen molar-refractivity contribution in [2.24, 2.45) is 5.73 Å². The summed E-state index contributed by atoms with van der Waals surface area (Å²) in [6, 6.07) is 2.21. The monoisotopic (exact) mass is 336 g/mol. The molecule has 2 aromatic heterocycles. The quantitative estimate of drug-likeness (QED) is 0.838. The topological polar surface area (TPSA) is 71.2 Å². The van der Waals surface area contributed by atoms with E-state index < -0.39 is 0 Å². The second-order valence-electron chi connectivity index (χ2n) is 5.32. The number of nitrogens with zero attached hydrogens (tertiary/aromatic N) is 2. The van der Waals surface area contributed by atoms with E-state index in [9.17, 15) is 4.79 Å². The summed E-state index contributed by atoms with van der Waals surface area (Å²) in [5.74, 6) is -0.0900. The summed E-state index contributed by atoms with van der Waals surface area (Å²) in [6.07, 6.45) is 1.85. The molecule has 3 heterocycles. The molecule has 0 spiro atoms. The Hall–Kier alpha value is -1.28. The third-order valence-electron chi connectivity index (χ3n) is 3.74. The highest BCUT2D eigenvalue weighted by molar-refractivity contribution is 7.10. The zero-order chi connectivity index (χ0) is 15.4. The van der Waals surface area contributed by atoms with Gasteiger partial charge in [-0.15, -0.1) is 22.7 Å². The summed E-state index contributed by atoms with van der Waals surface area (Å²) in [5, 5.41) is 7.85. The Morgan fingerprint density at radius 1 is 1.45 bits per heavy atom. The Balaban J connectivity index is 1.44. The van der Waals surface area contributed by atoms with Gasteiger partial charge in [-0.25, -0.2) is 4.98 Å². The van der Waals surface area contributed by atoms with Gasteiger partial charge >= 0.3 is 0 Å². The molecule has 0 unspecified atom stereocenters. The van der Waals surface area contributed by atoms with E-state index in [1.165, 1.54) is 21.8 Å². The van der Waals surface area contributed by atoms with E-state index in [1.54, 1.807) is 5.38 Å². The molecule has 1 aliphatic heterocycles. The van der Waals surface area contributed by atoms with Crippen molar-refractivity contribution >= 4 is 28.6 Å². The largest absolute Gasteiger partial charge is 0.349 e. The van der Waals surface area contributed by atoms with Crippen molar-refractivity contribution in [1.29, 1.82) is 0 Å². The Morgan fingerprint density at radius 2 is 2.36 bits per heavy atom. The molecule has 1 aliphatic rings. The number of nitrogens with two attached hydrogens (primary N) is 1. The molecule has 0 atom stereocenters. The summed E-state index contributed by atoms with van der Waals surface area (Å²) >= 11 is 3.34. The Morgan fingerprint density at radius 3 is 3.23 bits per heavy atom. The van der Waals surface area contributed by atoms with Crippen molar-refractivity contribution in [1.82, 2.24) is 15.2 Å². The lowest BCUT2D eigenvalue weighted by Gasteiger charge is -2.26. The summed E-state index contributed by atoms with van der Waals surface area (Å²) in [4.78, 5) is 20.2. The molecule has 0 aromatic carbocycles. The molecule has 5 nitrogen and oxygen atoms in total. The van der Waals surface area contributed by atoms with Gasteiger partial charge in [-0.2, -0.15) is 0 Å². The maximum Gasteiger partial charge on any atom is 0.270 e. The molecule has 1 amide bonds. The molecule has 0 aliphatic carbocycles. The van der Waals surface area contributed by atoms with Crippen molar-refractivity contribution in [3.05, 3.63) is 38.0 Å². The smallest absolute Gasteiger partial charge is 0.270 e. The minimum Gasteiger partial charge on any atom is -0.349 e. The van der Waals surface area contributed by atoms with Gasteiger partial charge in [0, 0.05) is 42.9 Å². The zero-order valence-corrected chi connectivity index (χ0v) is 14.0. The standard InChI is InChI=1S/C15H20N4OS2/c16-4-1-14-18-12(10-22-14)15(20)17-5-7-19-6-2-13-11(9-19)3-8-21-13/h3,8,10H,1-2,4-7,9,16H2,(H,17,20). The number of thiophene rings is 1. The molecule has 0 saturated carbocycles. The normalized spacial score (nSPS) is 14.8. The Bertz CT molecular complexity index is 637. The number of hydrogen-bond donors (Lipinski definition) is 2. The van der Waals surface area contributed by atoms with Crippen LogP contribution in [0.3, 0.4) is 0 Å². The Kier molecular flexibility index (Phi) is 5.20. The molecule has 7 heteroatoms. The fourth-order valence-electron chi connectivity index (χ4n) is 2.57. The second-order valence-corrected chi connectivity index (χ2v) is 7.26. The third kappa shape index (κ3) is 3.73. The number of nitrogens with one attached hydrogen (secondary N) is 1. The fraction of sp³-hybridized carbons (Fsp3) is 0.467. The third-order valence-corrected chi connectivity index (χ3v) is 5.67. The number of carbonyl (C=O) groups excluding carboxylic acids is 1. The van der Waals surface area contributed by atoms with E-state index in [0.717, 1.165) is 37.5 Å². The number of thiazole rings is 1. The van der Waals surface area contributed by atoms with Crippen LogP contribution in [0.25, 0.3) is 0 Å². The van der Waals surface area contributed by atoms with Gasteiger partial charge in [0.15, 0.2) is 0 Å². The van der Waals surface area contributed by atoms with Gasteiger partial charge in [0.2, 0.25) is 0 Å². The van der Waals surface area contributed by atoms with Crippen molar-refractivity contribution in [2.75, 3.05) is 26.2 Å². The predicted molar refractivity (Wildman–Crippen MR) is 90.5 cm³/mol. The minimum absolute atomic E-state index is 0.0900. The SMILES string of the molecule is NCCc1nc(C(=O)NCCN2CCc3sccc3C2)cs1. The minimum atomic E-state index is -0.0900. The van der Waals surface area contributed by atoms with Crippen LogP contribution in [0.1, 0.15) is 25.9 Å². The van der Waals surface area contributed by atoms with Gasteiger partial charge < -0.3 is 11.1 Å². The number of fused-ring (bicyclic) bond motifs is 1. The van der Waals surface area contributed by atoms with Gasteiger partial charge in [-0.3, -0.25) is 9.69 Å². The highest BCUT2D eigenvalue weighted by Gasteiger charge is 2.17. The van der Waals surface area contributed by atoms with Crippen LogP contribution >= 0.6 is 22.7 Å². The van der Waals surface area contributed by atoms with Gasteiger partial charge in [0.25, 0.3) is 5.91 Å². The number of carbonyl (C=O) groups is 1. The van der Waals surface area contributed by atoms with Gasteiger partial charge in [0.05, 0.1) is 5.01 Å². The summed E-state index contributed by atoms with van der Waals surface area (Å²) in [7, 11) is 0. The first-order valence-corrected chi connectivity index (χ1v) is 9.22. The first-order chi connectivity index (χ1) is 10.8. The number of amides is 1. The van der Waals surface area contributed by atoms with Crippen molar-refractivity contribution in [2.45, 2.75) is 19.4 Å².